The van der Waals surface area contributed by atoms with Gasteiger partial charge in [-0.25, -0.2) is 0 Å². The number of rotatable bonds is 11. The Morgan fingerprint density at radius 2 is 1.69 bits per heavy atom. The van der Waals surface area contributed by atoms with Gasteiger partial charge in [-0.2, -0.15) is 0 Å². The lowest BCUT2D eigenvalue weighted by Gasteiger charge is -2.22. The summed E-state index contributed by atoms with van der Waals surface area (Å²) in [7, 11) is 5.18. The van der Waals surface area contributed by atoms with Crippen LogP contribution in [0.4, 0.5) is 5.69 Å². The van der Waals surface area contributed by atoms with E-state index in [1.54, 1.807) is 24.1 Å². The largest absolute Gasteiger partial charge is 0.493 e. The Balaban J connectivity index is 1.45. The first-order valence-electron chi connectivity index (χ1n) is 11.1. The van der Waals surface area contributed by atoms with E-state index >= 15 is 0 Å². The highest BCUT2D eigenvalue weighted by molar-refractivity contribution is 6.43. The van der Waals surface area contributed by atoms with Gasteiger partial charge in [0.15, 0.2) is 11.5 Å². The number of para-hydroxylation sites is 1. The highest BCUT2D eigenvalue weighted by Crippen LogP contribution is 2.32. The molecule has 0 fully saturated rings. The first kappa shape index (κ1) is 23.6. The number of benzene rings is 2. The van der Waals surface area contributed by atoms with E-state index in [1.807, 2.05) is 18.2 Å². The predicted octanol–water partition coefficient (Wildman–Crippen LogP) is 3.10. The molecule has 0 spiro atoms. The minimum absolute atomic E-state index is 0.415. The molecule has 0 saturated heterocycles. The number of hydrogen-bond donors (Lipinski definition) is 1. The topological polar surface area (TPSA) is 71.1 Å². The number of ketones is 1. The Labute approximate surface area is 190 Å². The van der Waals surface area contributed by atoms with Crippen molar-refractivity contribution >= 4 is 17.4 Å². The number of carbonyl (C=O) groups excluding carboxylic acids is 2. The summed E-state index contributed by atoms with van der Waals surface area (Å²) < 4.78 is 10.6. The first-order valence-corrected chi connectivity index (χ1v) is 11.1. The third kappa shape index (κ3) is 6.01. The average Bonchev–Trinajstić information content (AvgIpc) is 2.93. The molecule has 2 aromatic rings. The number of amides is 1. The van der Waals surface area contributed by atoms with Gasteiger partial charge in [0, 0.05) is 30.9 Å². The molecular weight excluding hydrogens is 406 g/mol. The van der Waals surface area contributed by atoms with Crippen molar-refractivity contribution in [3.63, 3.8) is 0 Å². The predicted molar refractivity (Wildman–Crippen MR) is 126 cm³/mol. The molecule has 1 heterocycles. The molecule has 0 bridgehead atoms. The third-order valence-corrected chi connectivity index (χ3v) is 5.77. The van der Waals surface area contributed by atoms with Gasteiger partial charge < -0.3 is 24.6 Å². The Morgan fingerprint density at radius 3 is 2.41 bits per heavy atom. The molecule has 2 aromatic carbocycles. The molecule has 0 atom stereocenters. The summed E-state index contributed by atoms with van der Waals surface area (Å²) in [6.45, 7) is 3.85. The van der Waals surface area contributed by atoms with Gasteiger partial charge in [0.1, 0.15) is 0 Å². The zero-order chi connectivity index (χ0) is 22.9. The van der Waals surface area contributed by atoms with Crippen LogP contribution in [0.5, 0.6) is 11.5 Å². The van der Waals surface area contributed by atoms with Crippen LogP contribution in [0.3, 0.4) is 0 Å². The van der Waals surface area contributed by atoms with Gasteiger partial charge in [-0.05, 0) is 69.2 Å². The second kappa shape index (κ2) is 11.5. The van der Waals surface area contributed by atoms with E-state index in [4.69, 9.17) is 9.47 Å². The maximum absolute atomic E-state index is 12.8. The highest BCUT2D eigenvalue weighted by Gasteiger charge is 2.30. The fourth-order valence-electron chi connectivity index (χ4n) is 3.95. The van der Waals surface area contributed by atoms with E-state index in [1.165, 1.54) is 7.11 Å². The number of Topliss-reactive ketones (excluding diaryl/α,β-unsaturated/α-hetero) is 1. The molecule has 7 heteroatoms. The lowest BCUT2D eigenvalue weighted by molar-refractivity contribution is -0.126. The summed E-state index contributed by atoms with van der Waals surface area (Å²) >= 11 is 0. The molecule has 0 unspecified atom stereocenters. The Hall–Kier alpha value is -3.06. The molecule has 0 radical (unpaired) electrons. The van der Waals surface area contributed by atoms with E-state index in [0.29, 0.717) is 36.6 Å². The lowest BCUT2D eigenvalue weighted by atomic mass is 10.0. The summed E-state index contributed by atoms with van der Waals surface area (Å²) in [6, 6.07) is 13.6. The standard InChI is InChI=1S/C25H33N3O4/c1-27(13-7-12-26-20-9-5-4-6-10-20)14-8-15-28-16-11-19-17-22(31-2)23(32-3)18-21(19)24(29)25(28)30/h4-6,9-10,17-18,26H,7-8,11-16H2,1-3H3. The Bertz CT molecular complexity index is 917. The van der Waals surface area contributed by atoms with Gasteiger partial charge >= 0.3 is 0 Å². The number of carbonyl (C=O) groups is 2. The van der Waals surface area contributed by atoms with Crippen molar-refractivity contribution < 1.29 is 19.1 Å². The number of anilines is 1. The zero-order valence-corrected chi connectivity index (χ0v) is 19.2. The van der Waals surface area contributed by atoms with E-state index in [0.717, 1.165) is 43.7 Å². The van der Waals surface area contributed by atoms with Crippen molar-refractivity contribution in [1.82, 2.24) is 9.80 Å². The summed E-state index contributed by atoms with van der Waals surface area (Å²) in [5, 5.41) is 3.42. The van der Waals surface area contributed by atoms with E-state index in [-0.39, 0.29) is 0 Å². The molecule has 0 saturated carbocycles. The molecule has 1 aliphatic heterocycles. The van der Waals surface area contributed by atoms with Crippen LogP contribution in [0.15, 0.2) is 42.5 Å². The summed E-state index contributed by atoms with van der Waals surface area (Å²) in [6.07, 6.45) is 2.48. The van der Waals surface area contributed by atoms with Crippen LogP contribution in [0.25, 0.3) is 0 Å². The molecule has 1 N–H and O–H groups in total. The van der Waals surface area contributed by atoms with Crippen LogP contribution in [0.1, 0.15) is 28.8 Å². The number of ether oxygens (including phenoxy) is 2. The third-order valence-electron chi connectivity index (χ3n) is 5.77. The molecular formula is C25H33N3O4. The summed E-state index contributed by atoms with van der Waals surface area (Å²) in [4.78, 5) is 29.5. The van der Waals surface area contributed by atoms with Crippen LogP contribution < -0.4 is 14.8 Å². The van der Waals surface area contributed by atoms with Gasteiger partial charge in [-0.1, -0.05) is 18.2 Å². The molecule has 0 aromatic heterocycles. The van der Waals surface area contributed by atoms with Crippen LogP contribution in [-0.2, 0) is 11.2 Å². The maximum atomic E-state index is 12.8. The van der Waals surface area contributed by atoms with E-state index in [9.17, 15) is 9.59 Å². The second-order valence-corrected chi connectivity index (χ2v) is 8.04. The smallest absolute Gasteiger partial charge is 0.294 e. The number of nitrogens with one attached hydrogen (secondary N) is 1. The lowest BCUT2D eigenvalue weighted by Crippen LogP contribution is -2.38. The van der Waals surface area contributed by atoms with E-state index in [2.05, 4.69) is 29.4 Å². The number of methoxy groups -OCH3 is 2. The highest BCUT2D eigenvalue weighted by atomic mass is 16.5. The number of nitrogens with zero attached hydrogens (tertiary/aromatic N) is 2. The second-order valence-electron chi connectivity index (χ2n) is 8.04. The van der Waals surface area contributed by atoms with Crippen molar-refractivity contribution in [2.75, 3.05) is 59.3 Å². The van der Waals surface area contributed by atoms with Crippen molar-refractivity contribution in [3.05, 3.63) is 53.6 Å². The van der Waals surface area contributed by atoms with Crippen molar-refractivity contribution in [3.8, 4) is 11.5 Å². The van der Waals surface area contributed by atoms with Crippen molar-refractivity contribution in [1.29, 1.82) is 0 Å². The van der Waals surface area contributed by atoms with Crippen molar-refractivity contribution in [2.45, 2.75) is 19.3 Å². The molecule has 7 nitrogen and oxygen atoms in total. The summed E-state index contributed by atoms with van der Waals surface area (Å²) in [5.74, 6) is 0.122. The van der Waals surface area contributed by atoms with Crippen molar-refractivity contribution in [2.24, 2.45) is 0 Å². The van der Waals surface area contributed by atoms with Crippen LogP contribution in [0, 0.1) is 0 Å². The minimum atomic E-state index is -0.473. The fourth-order valence-corrected chi connectivity index (χ4v) is 3.95. The van der Waals surface area contributed by atoms with Gasteiger partial charge in [0.25, 0.3) is 11.7 Å². The van der Waals surface area contributed by atoms with Gasteiger partial charge in [0.05, 0.1) is 14.2 Å². The zero-order valence-electron chi connectivity index (χ0n) is 19.2. The summed E-state index contributed by atoms with van der Waals surface area (Å²) in [5.41, 5.74) is 2.38. The SMILES string of the molecule is COc1cc2c(cc1OC)C(=O)C(=O)N(CCCN(C)CCCNc1ccccc1)CC2. The average molecular weight is 440 g/mol. The maximum Gasteiger partial charge on any atom is 0.294 e. The first-order chi connectivity index (χ1) is 15.5. The quantitative estimate of drug-likeness (QED) is 0.429. The van der Waals surface area contributed by atoms with Gasteiger partial charge in [0.2, 0.25) is 0 Å². The van der Waals surface area contributed by atoms with E-state index < -0.39 is 11.7 Å². The fraction of sp³-hybridized carbons (Fsp3) is 0.440. The molecule has 1 amide bonds. The van der Waals surface area contributed by atoms with Crippen LogP contribution >= 0.6 is 0 Å². The Kier molecular flexibility index (Phi) is 8.50. The number of hydrogen-bond acceptors (Lipinski definition) is 6. The minimum Gasteiger partial charge on any atom is -0.493 e. The molecule has 1 aliphatic rings. The van der Waals surface area contributed by atoms with Crippen LogP contribution in [0.2, 0.25) is 0 Å². The van der Waals surface area contributed by atoms with Gasteiger partial charge in [-0.15, -0.1) is 0 Å². The molecule has 0 aliphatic carbocycles. The molecule has 3 rings (SSSR count). The van der Waals surface area contributed by atoms with Crippen LogP contribution in [-0.4, -0.2) is 75.5 Å². The molecule has 32 heavy (non-hydrogen) atoms. The Morgan fingerprint density at radius 1 is 1.00 bits per heavy atom. The molecule has 172 valence electrons. The normalized spacial score (nSPS) is 13.7. The monoisotopic (exact) mass is 439 g/mol. The number of fused-ring (bicyclic) bond motifs is 1. The van der Waals surface area contributed by atoms with Gasteiger partial charge in [-0.3, -0.25) is 9.59 Å².